The monoisotopic (exact) mass is 130 g/mol. The lowest BCUT2D eigenvalue weighted by atomic mass is 10.3. The highest BCUT2D eigenvalue weighted by molar-refractivity contribution is 4.89. The Kier molecular flexibility index (Phi) is 1.75. The van der Waals surface area contributed by atoms with E-state index in [2.05, 4.69) is 24.5 Å². The molecule has 54 valence electrons. The van der Waals surface area contributed by atoms with Crippen LogP contribution in [0.5, 0.6) is 0 Å². The van der Waals surface area contributed by atoms with Gasteiger partial charge in [0.1, 0.15) is 0 Å². The Morgan fingerprint density at radius 1 is 1.67 bits per heavy atom. The first-order valence-electron chi connectivity index (χ1n) is 3.27. The van der Waals surface area contributed by atoms with E-state index in [-0.39, 0.29) is 18.3 Å². The van der Waals surface area contributed by atoms with Crippen molar-refractivity contribution in [3.8, 4) is 0 Å². The van der Waals surface area contributed by atoms with E-state index in [1.165, 1.54) is 0 Å². The number of hydrogen-bond donors (Lipinski definition) is 3. The Balaban J connectivity index is 2.38. The summed E-state index contributed by atoms with van der Waals surface area (Å²) in [5.74, 6) is 0. The second-order valence-corrected chi connectivity index (χ2v) is 3.03. The molecule has 0 spiro atoms. The van der Waals surface area contributed by atoms with Crippen molar-refractivity contribution in [3.63, 3.8) is 0 Å². The Labute approximate surface area is 55.5 Å². The van der Waals surface area contributed by atoms with Gasteiger partial charge in [0.05, 0.1) is 12.3 Å². The minimum absolute atomic E-state index is 0.00734. The predicted molar refractivity (Wildman–Crippen MR) is 36.1 cm³/mol. The Morgan fingerprint density at radius 2 is 2.33 bits per heavy atom. The number of aliphatic hydroxyl groups excluding tert-OH is 1. The molecule has 1 atom stereocenters. The van der Waals surface area contributed by atoms with Gasteiger partial charge in [0.2, 0.25) is 0 Å². The summed E-state index contributed by atoms with van der Waals surface area (Å²) in [7, 11) is 0. The Hall–Kier alpha value is -0.120. The summed E-state index contributed by atoms with van der Waals surface area (Å²) < 4.78 is 0. The van der Waals surface area contributed by atoms with Crippen LogP contribution in [0.2, 0.25) is 0 Å². The fourth-order valence-electron chi connectivity index (χ4n) is 1.10. The zero-order chi connectivity index (χ0) is 6.91. The van der Waals surface area contributed by atoms with Gasteiger partial charge in [0, 0.05) is 12.6 Å². The average molecular weight is 130 g/mol. The van der Waals surface area contributed by atoms with Crippen LogP contribution in [0.4, 0.5) is 0 Å². The van der Waals surface area contributed by atoms with Crippen LogP contribution in [0, 0.1) is 0 Å². The molecular weight excluding hydrogens is 116 g/mol. The highest BCUT2D eigenvalue weighted by atomic mass is 16.3. The summed E-state index contributed by atoms with van der Waals surface area (Å²) in [4.78, 5) is 0. The van der Waals surface area contributed by atoms with Crippen molar-refractivity contribution in [2.75, 3.05) is 13.2 Å². The third kappa shape index (κ3) is 1.64. The van der Waals surface area contributed by atoms with Gasteiger partial charge < -0.3 is 5.11 Å². The molecule has 0 aromatic rings. The van der Waals surface area contributed by atoms with Crippen molar-refractivity contribution >= 4 is 0 Å². The first-order chi connectivity index (χ1) is 4.14. The van der Waals surface area contributed by atoms with Gasteiger partial charge in [-0.15, -0.1) is 0 Å². The minimum Gasteiger partial charge on any atom is -0.395 e. The maximum absolute atomic E-state index is 8.70. The normalized spacial score (nSPS) is 33.0. The van der Waals surface area contributed by atoms with Crippen LogP contribution < -0.4 is 10.6 Å². The van der Waals surface area contributed by atoms with Crippen LogP contribution in [-0.4, -0.2) is 30.0 Å². The first-order valence-corrected chi connectivity index (χ1v) is 3.27. The van der Waals surface area contributed by atoms with Gasteiger partial charge in [0.25, 0.3) is 0 Å². The van der Waals surface area contributed by atoms with Gasteiger partial charge >= 0.3 is 0 Å². The van der Waals surface area contributed by atoms with Gasteiger partial charge in [0.15, 0.2) is 0 Å². The summed E-state index contributed by atoms with van der Waals surface area (Å²) in [5.41, 5.74) is 0.00734. The molecule has 0 amide bonds. The maximum atomic E-state index is 8.70. The molecule has 9 heavy (non-hydrogen) atoms. The molecule has 1 aliphatic heterocycles. The van der Waals surface area contributed by atoms with E-state index in [9.17, 15) is 0 Å². The lowest BCUT2D eigenvalue weighted by Gasteiger charge is -2.18. The number of hydrogen-bond acceptors (Lipinski definition) is 3. The third-order valence-electron chi connectivity index (χ3n) is 1.58. The van der Waals surface area contributed by atoms with Crippen molar-refractivity contribution in [1.29, 1.82) is 0 Å². The topological polar surface area (TPSA) is 44.3 Å². The summed E-state index contributed by atoms with van der Waals surface area (Å²) in [5, 5.41) is 15.1. The van der Waals surface area contributed by atoms with E-state index < -0.39 is 0 Å². The third-order valence-corrected chi connectivity index (χ3v) is 1.58. The SMILES string of the molecule is CC1(C)NCC(CO)N1. The molecule has 1 rings (SSSR count). The van der Waals surface area contributed by atoms with Gasteiger partial charge in [-0.3, -0.25) is 10.6 Å². The smallest absolute Gasteiger partial charge is 0.0633 e. The summed E-state index contributed by atoms with van der Waals surface area (Å²) in [6, 6.07) is 0.236. The molecular formula is C6H14N2O. The molecule has 1 aliphatic rings. The van der Waals surface area contributed by atoms with Crippen molar-refractivity contribution in [2.45, 2.75) is 25.6 Å². The van der Waals surface area contributed by atoms with Crippen LogP contribution in [0.3, 0.4) is 0 Å². The maximum Gasteiger partial charge on any atom is 0.0633 e. The standard InChI is InChI=1S/C6H14N2O/c1-6(2)7-3-5(4-9)8-6/h5,7-9H,3-4H2,1-2H3. The lowest BCUT2D eigenvalue weighted by molar-refractivity contribution is 0.248. The van der Waals surface area contributed by atoms with Crippen molar-refractivity contribution in [1.82, 2.24) is 10.6 Å². The highest BCUT2D eigenvalue weighted by Gasteiger charge is 2.27. The van der Waals surface area contributed by atoms with Crippen LogP contribution >= 0.6 is 0 Å². The molecule has 3 heteroatoms. The molecule has 1 heterocycles. The highest BCUT2D eigenvalue weighted by Crippen LogP contribution is 2.04. The van der Waals surface area contributed by atoms with Gasteiger partial charge in [-0.2, -0.15) is 0 Å². The van der Waals surface area contributed by atoms with E-state index in [1.807, 2.05) is 0 Å². The summed E-state index contributed by atoms with van der Waals surface area (Å²) in [6.07, 6.45) is 0. The molecule has 3 nitrogen and oxygen atoms in total. The minimum atomic E-state index is 0.00734. The fraction of sp³-hybridized carbons (Fsp3) is 1.00. The molecule has 0 aliphatic carbocycles. The largest absolute Gasteiger partial charge is 0.395 e. The van der Waals surface area contributed by atoms with Gasteiger partial charge in [-0.1, -0.05) is 0 Å². The van der Waals surface area contributed by atoms with E-state index in [1.54, 1.807) is 0 Å². The van der Waals surface area contributed by atoms with Crippen molar-refractivity contribution < 1.29 is 5.11 Å². The van der Waals surface area contributed by atoms with E-state index in [4.69, 9.17) is 5.11 Å². The lowest BCUT2D eigenvalue weighted by Crippen LogP contribution is -2.44. The summed E-state index contributed by atoms with van der Waals surface area (Å²) >= 11 is 0. The molecule has 3 N–H and O–H groups in total. The Bertz CT molecular complexity index is 103. The number of nitrogens with one attached hydrogen (secondary N) is 2. The van der Waals surface area contributed by atoms with Crippen LogP contribution in [0.25, 0.3) is 0 Å². The van der Waals surface area contributed by atoms with Crippen LogP contribution in [-0.2, 0) is 0 Å². The molecule has 1 unspecified atom stereocenters. The molecule has 1 saturated heterocycles. The van der Waals surface area contributed by atoms with E-state index >= 15 is 0 Å². The van der Waals surface area contributed by atoms with Crippen molar-refractivity contribution in [3.05, 3.63) is 0 Å². The molecule has 1 fully saturated rings. The molecule has 0 bridgehead atoms. The van der Waals surface area contributed by atoms with Gasteiger partial charge in [-0.25, -0.2) is 0 Å². The van der Waals surface area contributed by atoms with Crippen molar-refractivity contribution in [2.24, 2.45) is 0 Å². The van der Waals surface area contributed by atoms with Gasteiger partial charge in [-0.05, 0) is 13.8 Å². The second-order valence-electron chi connectivity index (χ2n) is 3.03. The van der Waals surface area contributed by atoms with Crippen LogP contribution in [0.1, 0.15) is 13.8 Å². The molecule has 0 radical (unpaired) electrons. The Morgan fingerprint density at radius 3 is 2.56 bits per heavy atom. The first kappa shape index (κ1) is 6.99. The molecule has 0 aromatic carbocycles. The van der Waals surface area contributed by atoms with E-state index in [0.29, 0.717) is 0 Å². The fourth-order valence-corrected chi connectivity index (χ4v) is 1.10. The quantitative estimate of drug-likeness (QED) is 0.439. The predicted octanol–water partition coefficient (Wildman–Crippen LogP) is -0.724. The van der Waals surface area contributed by atoms with E-state index in [0.717, 1.165) is 6.54 Å². The molecule has 0 saturated carbocycles. The molecule has 0 aromatic heterocycles. The zero-order valence-electron chi connectivity index (χ0n) is 5.94. The van der Waals surface area contributed by atoms with Crippen LogP contribution in [0.15, 0.2) is 0 Å². The zero-order valence-corrected chi connectivity index (χ0v) is 5.94. The summed E-state index contributed by atoms with van der Waals surface area (Å²) in [6.45, 7) is 5.20. The second kappa shape index (κ2) is 2.25. The number of aliphatic hydroxyl groups is 1. The average Bonchev–Trinajstić information content (AvgIpc) is 2.10. The number of rotatable bonds is 1.